The van der Waals surface area contributed by atoms with Crippen molar-refractivity contribution >= 4 is 17.7 Å². The number of amides is 1. The lowest BCUT2D eigenvalue weighted by atomic mass is 10.1. The third-order valence-corrected chi connectivity index (χ3v) is 4.59. The van der Waals surface area contributed by atoms with Gasteiger partial charge in [-0.25, -0.2) is 4.79 Å². The van der Waals surface area contributed by atoms with Crippen LogP contribution in [0.15, 0.2) is 18.2 Å². The van der Waals surface area contributed by atoms with Gasteiger partial charge in [-0.3, -0.25) is 9.59 Å². The van der Waals surface area contributed by atoms with Crippen molar-refractivity contribution < 1.29 is 37.4 Å². The van der Waals surface area contributed by atoms with Crippen molar-refractivity contribution in [3.05, 3.63) is 46.3 Å². The van der Waals surface area contributed by atoms with Crippen LogP contribution in [0.25, 0.3) is 0 Å². The molecule has 1 amide bonds. The van der Waals surface area contributed by atoms with E-state index in [1.165, 1.54) is 33.3 Å². The number of carbonyl (C=O) groups is 3. The average molecular weight is 438 g/mol. The smallest absolute Gasteiger partial charge is 0.387 e. The number of nitrogens with one attached hydrogen (secondary N) is 2. The number of halogens is 2. The van der Waals surface area contributed by atoms with E-state index in [0.29, 0.717) is 17.5 Å². The quantitative estimate of drug-likeness (QED) is 0.436. The predicted octanol–water partition coefficient (Wildman–Crippen LogP) is 2.82. The summed E-state index contributed by atoms with van der Waals surface area (Å²) in [6.07, 6.45) is 0.183. The average Bonchev–Trinajstić information content (AvgIpc) is 3.03. The zero-order chi connectivity index (χ0) is 23.1. The van der Waals surface area contributed by atoms with Gasteiger partial charge in [0.05, 0.1) is 31.9 Å². The van der Waals surface area contributed by atoms with E-state index in [2.05, 4.69) is 15.0 Å². The fourth-order valence-corrected chi connectivity index (χ4v) is 3.16. The zero-order valence-electron chi connectivity index (χ0n) is 17.6. The maximum Gasteiger partial charge on any atom is 0.387 e. The summed E-state index contributed by atoms with van der Waals surface area (Å²) in [7, 11) is 2.56. The summed E-state index contributed by atoms with van der Waals surface area (Å²) in [5.74, 6) is -1.22. The van der Waals surface area contributed by atoms with Crippen molar-refractivity contribution in [2.75, 3.05) is 20.8 Å². The standard InChI is InChI=1S/C21H24F2N2O6/c1-11-18(20(28)30-4)14(25-19(11)12(2)26)10-17(27)24-8-7-13-5-6-15(29-3)16(9-13)31-21(22)23/h5-6,9,21,25H,7-8,10H2,1-4H3,(H,24,27). The summed E-state index contributed by atoms with van der Waals surface area (Å²) in [6, 6.07) is 4.59. The Labute approximate surface area is 177 Å². The summed E-state index contributed by atoms with van der Waals surface area (Å²) < 4.78 is 39.3. The van der Waals surface area contributed by atoms with Crippen molar-refractivity contribution in [1.82, 2.24) is 10.3 Å². The minimum atomic E-state index is -2.99. The Hall–Kier alpha value is -3.43. The van der Waals surface area contributed by atoms with Crippen LogP contribution >= 0.6 is 0 Å². The van der Waals surface area contributed by atoms with Gasteiger partial charge in [0.15, 0.2) is 17.3 Å². The molecule has 0 saturated carbocycles. The molecule has 168 valence electrons. The van der Waals surface area contributed by atoms with Gasteiger partial charge in [-0.05, 0) is 36.6 Å². The van der Waals surface area contributed by atoms with Crippen molar-refractivity contribution in [3.8, 4) is 11.5 Å². The lowest BCUT2D eigenvalue weighted by molar-refractivity contribution is -0.120. The first-order valence-corrected chi connectivity index (χ1v) is 9.37. The SMILES string of the molecule is COC(=O)c1c(CC(=O)NCCc2ccc(OC)c(OC(F)F)c2)[nH]c(C(C)=O)c1C. The van der Waals surface area contributed by atoms with Crippen molar-refractivity contribution in [2.24, 2.45) is 0 Å². The summed E-state index contributed by atoms with van der Waals surface area (Å²) in [5, 5.41) is 2.69. The summed E-state index contributed by atoms with van der Waals surface area (Å²) in [4.78, 5) is 39.0. The molecular weight excluding hydrogens is 414 g/mol. The maximum atomic E-state index is 12.5. The van der Waals surface area contributed by atoms with Gasteiger partial charge in [0, 0.05) is 19.2 Å². The highest BCUT2D eigenvalue weighted by atomic mass is 19.3. The number of aromatic nitrogens is 1. The number of esters is 1. The number of methoxy groups -OCH3 is 2. The normalized spacial score (nSPS) is 10.7. The number of alkyl halides is 2. The van der Waals surface area contributed by atoms with E-state index in [9.17, 15) is 23.2 Å². The van der Waals surface area contributed by atoms with Gasteiger partial charge in [-0.15, -0.1) is 0 Å². The first-order valence-electron chi connectivity index (χ1n) is 9.37. The van der Waals surface area contributed by atoms with Crippen LogP contribution in [0, 0.1) is 6.92 Å². The molecule has 0 aliphatic carbocycles. The predicted molar refractivity (Wildman–Crippen MR) is 107 cm³/mol. The lowest BCUT2D eigenvalue weighted by Gasteiger charge is -2.12. The van der Waals surface area contributed by atoms with E-state index in [1.807, 2.05) is 0 Å². The third-order valence-electron chi connectivity index (χ3n) is 4.59. The molecule has 2 aromatic rings. The van der Waals surface area contributed by atoms with Crippen LogP contribution in [-0.2, 0) is 22.4 Å². The van der Waals surface area contributed by atoms with E-state index >= 15 is 0 Å². The number of hydrogen-bond acceptors (Lipinski definition) is 6. The summed E-state index contributed by atoms with van der Waals surface area (Å²) in [5.41, 5.74) is 1.76. The van der Waals surface area contributed by atoms with Crippen LogP contribution in [-0.4, -0.2) is 50.0 Å². The molecule has 31 heavy (non-hydrogen) atoms. The Morgan fingerprint density at radius 3 is 2.45 bits per heavy atom. The zero-order valence-corrected chi connectivity index (χ0v) is 17.6. The van der Waals surface area contributed by atoms with Crippen LogP contribution in [0.3, 0.4) is 0 Å². The van der Waals surface area contributed by atoms with Crippen molar-refractivity contribution in [1.29, 1.82) is 0 Å². The number of aromatic amines is 1. The number of ether oxygens (including phenoxy) is 3. The Morgan fingerprint density at radius 1 is 1.16 bits per heavy atom. The fourth-order valence-electron chi connectivity index (χ4n) is 3.16. The van der Waals surface area contributed by atoms with Gasteiger partial charge in [0.2, 0.25) is 5.91 Å². The molecule has 2 N–H and O–H groups in total. The fraction of sp³-hybridized carbons (Fsp3) is 0.381. The number of H-pyrrole nitrogens is 1. The number of Topliss-reactive ketones (excluding diaryl/α,β-unsaturated/α-hetero) is 1. The number of hydrogen-bond donors (Lipinski definition) is 2. The van der Waals surface area contributed by atoms with Gasteiger partial charge < -0.3 is 24.5 Å². The number of rotatable bonds is 10. The topological polar surface area (TPSA) is 107 Å². The van der Waals surface area contributed by atoms with Gasteiger partial charge in [-0.1, -0.05) is 6.07 Å². The second-order valence-electron chi connectivity index (χ2n) is 6.67. The molecule has 1 aromatic carbocycles. The molecule has 1 aromatic heterocycles. The second kappa shape index (κ2) is 10.6. The molecule has 0 bridgehead atoms. The number of carbonyl (C=O) groups excluding carboxylic acids is 3. The molecule has 0 atom stereocenters. The second-order valence-corrected chi connectivity index (χ2v) is 6.67. The number of ketones is 1. The summed E-state index contributed by atoms with van der Waals surface area (Å²) >= 11 is 0. The molecule has 2 rings (SSSR count). The summed E-state index contributed by atoms with van der Waals surface area (Å²) in [6.45, 7) is 0.178. The highest BCUT2D eigenvalue weighted by Crippen LogP contribution is 2.29. The van der Waals surface area contributed by atoms with Crippen molar-refractivity contribution in [2.45, 2.75) is 33.3 Å². The molecule has 0 aliphatic heterocycles. The molecule has 0 fully saturated rings. The Morgan fingerprint density at radius 2 is 1.87 bits per heavy atom. The lowest BCUT2D eigenvalue weighted by Crippen LogP contribution is -2.28. The number of benzene rings is 1. The van der Waals surface area contributed by atoms with E-state index in [-0.39, 0.29) is 53.1 Å². The first-order chi connectivity index (χ1) is 14.7. The molecule has 0 spiro atoms. The molecule has 0 aliphatic rings. The highest BCUT2D eigenvalue weighted by molar-refractivity contribution is 6.01. The highest BCUT2D eigenvalue weighted by Gasteiger charge is 2.24. The molecule has 0 saturated heterocycles. The monoisotopic (exact) mass is 438 g/mol. The van der Waals surface area contributed by atoms with Crippen LogP contribution in [0.5, 0.6) is 11.5 Å². The minimum absolute atomic E-state index is 0.0948. The van der Waals surface area contributed by atoms with Crippen LogP contribution < -0.4 is 14.8 Å². The van der Waals surface area contributed by atoms with Gasteiger partial charge in [0.25, 0.3) is 0 Å². The molecule has 0 radical (unpaired) electrons. The van der Waals surface area contributed by atoms with Crippen LogP contribution in [0.2, 0.25) is 0 Å². The largest absolute Gasteiger partial charge is 0.493 e. The Balaban J connectivity index is 2.04. The van der Waals surface area contributed by atoms with Crippen LogP contribution in [0.4, 0.5) is 8.78 Å². The molecule has 10 heteroatoms. The van der Waals surface area contributed by atoms with E-state index in [0.717, 1.165) is 0 Å². The van der Waals surface area contributed by atoms with E-state index in [1.54, 1.807) is 13.0 Å². The Bertz CT molecular complexity index is 971. The van der Waals surface area contributed by atoms with E-state index < -0.39 is 12.6 Å². The van der Waals surface area contributed by atoms with Gasteiger partial charge in [-0.2, -0.15) is 8.78 Å². The van der Waals surface area contributed by atoms with Gasteiger partial charge >= 0.3 is 12.6 Å². The minimum Gasteiger partial charge on any atom is -0.493 e. The maximum absolute atomic E-state index is 12.5. The Kier molecular flexibility index (Phi) is 8.12. The third kappa shape index (κ3) is 6.03. The molecule has 0 unspecified atom stereocenters. The van der Waals surface area contributed by atoms with Gasteiger partial charge in [0.1, 0.15) is 0 Å². The van der Waals surface area contributed by atoms with E-state index in [4.69, 9.17) is 9.47 Å². The van der Waals surface area contributed by atoms with Crippen molar-refractivity contribution in [3.63, 3.8) is 0 Å². The van der Waals surface area contributed by atoms with Crippen LogP contribution in [0.1, 0.15) is 44.6 Å². The molecule has 1 heterocycles. The first kappa shape index (κ1) is 23.8. The molecule has 8 nitrogen and oxygen atoms in total. The molecular formula is C21H24F2N2O6.